The summed E-state index contributed by atoms with van der Waals surface area (Å²) in [6.45, 7) is 2.56. The third-order valence-electron chi connectivity index (χ3n) is 5.86. The number of aromatic amines is 1. The maximum atomic E-state index is 12.8. The zero-order chi connectivity index (χ0) is 23.3. The first-order valence-corrected chi connectivity index (χ1v) is 12.1. The van der Waals surface area contributed by atoms with Crippen LogP contribution in [0.25, 0.3) is 16.6 Å². The smallest absolute Gasteiger partial charge is 0.230 e. The number of nitrogens with one attached hydrogen (secondary N) is 2. The molecule has 2 heterocycles. The molecule has 7 heteroatoms. The van der Waals surface area contributed by atoms with E-state index in [0.717, 1.165) is 11.2 Å². The summed E-state index contributed by atoms with van der Waals surface area (Å²) in [4.78, 5) is 16.2. The van der Waals surface area contributed by atoms with Crippen LogP contribution < -0.4 is 5.32 Å². The van der Waals surface area contributed by atoms with E-state index in [0.29, 0.717) is 11.7 Å². The Morgan fingerprint density at radius 2 is 1.79 bits per heavy atom. The third-order valence-corrected chi connectivity index (χ3v) is 6.81. The molecule has 0 saturated carbocycles. The molecule has 0 saturated heterocycles. The fourth-order valence-electron chi connectivity index (χ4n) is 4.08. The summed E-state index contributed by atoms with van der Waals surface area (Å²) >= 11 is 1.38. The van der Waals surface area contributed by atoms with Crippen LogP contribution in [0, 0.1) is 6.92 Å². The lowest BCUT2D eigenvalue weighted by atomic mass is 9.91. The minimum Gasteiger partial charge on any atom is -0.361 e. The van der Waals surface area contributed by atoms with Crippen molar-refractivity contribution in [1.29, 1.82) is 0 Å². The van der Waals surface area contributed by atoms with Crippen molar-refractivity contribution in [3.8, 4) is 5.69 Å². The molecular weight excluding hydrogens is 442 g/mol. The second kappa shape index (κ2) is 9.97. The number of nitrogens with zero attached hydrogens (tertiary/aromatic N) is 3. The average molecular weight is 468 g/mol. The Labute approximate surface area is 202 Å². The number of aromatic nitrogens is 4. The molecule has 3 aromatic carbocycles. The van der Waals surface area contributed by atoms with Crippen LogP contribution in [-0.2, 0) is 4.79 Å². The number of hydrogen-bond donors (Lipinski definition) is 2. The highest BCUT2D eigenvalue weighted by atomic mass is 32.2. The lowest BCUT2D eigenvalue weighted by Gasteiger charge is -2.18. The molecule has 1 amide bonds. The van der Waals surface area contributed by atoms with Gasteiger partial charge in [-0.2, -0.15) is 0 Å². The van der Waals surface area contributed by atoms with E-state index in [4.69, 9.17) is 0 Å². The largest absolute Gasteiger partial charge is 0.361 e. The van der Waals surface area contributed by atoms with Crippen LogP contribution in [0.5, 0.6) is 0 Å². The highest BCUT2D eigenvalue weighted by Gasteiger charge is 2.19. The van der Waals surface area contributed by atoms with E-state index in [2.05, 4.69) is 51.7 Å². The molecule has 2 aromatic heterocycles. The first-order valence-electron chi connectivity index (χ1n) is 11.2. The van der Waals surface area contributed by atoms with Crippen molar-refractivity contribution >= 4 is 28.6 Å². The number of carbonyl (C=O) groups excluding carboxylic acids is 1. The lowest BCUT2D eigenvalue weighted by Crippen LogP contribution is -2.30. The van der Waals surface area contributed by atoms with Gasteiger partial charge in [0.05, 0.1) is 5.75 Å². The number of thioether (sulfide) groups is 1. The van der Waals surface area contributed by atoms with Crippen LogP contribution in [0.3, 0.4) is 0 Å². The Hall–Kier alpha value is -3.84. The van der Waals surface area contributed by atoms with Crippen molar-refractivity contribution < 1.29 is 4.79 Å². The SMILES string of the molecule is Cc1ccc(-n2cnnc2SCC(=O)NCC(c2ccccc2)c2c[nH]c3ccccc23)cc1. The van der Waals surface area contributed by atoms with Gasteiger partial charge < -0.3 is 10.3 Å². The number of rotatable bonds is 8. The topological polar surface area (TPSA) is 75.6 Å². The van der Waals surface area contributed by atoms with Crippen molar-refractivity contribution in [1.82, 2.24) is 25.1 Å². The van der Waals surface area contributed by atoms with Crippen LogP contribution >= 0.6 is 11.8 Å². The molecule has 34 heavy (non-hydrogen) atoms. The summed E-state index contributed by atoms with van der Waals surface area (Å²) in [6, 6.07) is 26.7. The summed E-state index contributed by atoms with van der Waals surface area (Å²) in [7, 11) is 0. The minimum absolute atomic E-state index is 0.0378. The number of benzene rings is 3. The van der Waals surface area contributed by atoms with E-state index in [-0.39, 0.29) is 17.6 Å². The van der Waals surface area contributed by atoms with Crippen molar-refractivity contribution in [2.75, 3.05) is 12.3 Å². The number of H-pyrrole nitrogens is 1. The predicted octanol–water partition coefficient (Wildman–Crippen LogP) is 5.10. The van der Waals surface area contributed by atoms with Crippen LogP contribution in [-0.4, -0.2) is 38.0 Å². The van der Waals surface area contributed by atoms with Crippen molar-refractivity contribution in [2.24, 2.45) is 0 Å². The molecule has 5 aromatic rings. The standard InChI is InChI=1S/C27H25N5OS/c1-19-11-13-21(14-12-19)32-18-30-31-27(32)34-17-26(33)29-15-23(20-7-3-2-4-8-20)24-16-28-25-10-6-5-9-22(24)25/h2-14,16,18,23,28H,15,17H2,1H3,(H,29,33). The van der Waals surface area contributed by atoms with E-state index >= 15 is 0 Å². The lowest BCUT2D eigenvalue weighted by molar-refractivity contribution is -0.118. The molecule has 170 valence electrons. The molecule has 0 aliphatic heterocycles. The molecule has 1 atom stereocenters. The molecule has 0 bridgehead atoms. The van der Waals surface area contributed by atoms with E-state index < -0.39 is 0 Å². The minimum atomic E-state index is -0.0378. The molecule has 0 fully saturated rings. The molecule has 0 aliphatic rings. The number of carbonyl (C=O) groups is 1. The third kappa shape index (κ3) is 4.75. The second-order valence-corrected chi connectivity index (χ2v) is 9.11. The number of aryl methyl sites for hydroxylation is 1. The number of para-hydroxylation sites is 1. The highest BCUT2D eigenvalue weighted by Crippen LogP contribution is 2.30. The maximum Gasteiger partial charge on any atom is 0.230 e. The number of fused-ring (bicyclic) bond motifs is 1. The van der Waals surface area contributed by atoms with Gasteiger partial charge in [0.25, 0.3) is 0 Å². The van der Waals surface area contributed by atoms with Crippen molar-refractivity contribution in [3.63, 3.8) is 0 Å². The molecule has 0 spiro atoms. The first-order chi connectivity index (χ1) is 16.7. The highest BCUT2D eigenvalue weighted by molar-refractivity contribution is 7.99. The van der Waals surface area contributed by atoms with E-state index in [9.17, 15) is 4.79 Å². The Morgan fingerprint density at radius 3 is 2.62 bits per heavy atom. The molecular formula is C27H25N5OS. The summed E-state index contributed by atoms with van der Waals surface area (Å²) in [5.74, 6) is 0.270. The van der Waals surface area contributed by atoms with Gasteiger partial charge in [0.2, 0.25) is 5.91 Å². The zero-order valence-corrected chi connectivity index (χ0v) is 19.6. The van der Waals surface area contributed by atoms with Gasteiger partial charge in [0, 0.05) is 35.2 Å². The first kappa shape index (κ1) is 22.0. The molecule has 5 rings (SSSR count). The predicted molar refractivity (Wildman–Crippen MR) is 136 cm³/mol. The van der Waals surface area contributed by atoms with E-state index in [1.807, 2.05) is 65.4 Å². The molecule has 1 unspecified atom stereocenters. The van der Waals surface area contributed by atoms with Gasteiger partial charge in [-0.1, -0.05) is 78.0 Å². The molecule has 2 N–H and O–H groups in total. The fraction of sp³-hybridized carbons (Fsp3) is 0.148. The number of hydrogen-bond acceptors (Lipinski definition) is 4. The Morgan fingerprint density at radius 1 is 1.03 bits per heavy atom. The van der Waals surface area contributed by atoms with Crippen molar-refractivity contribution in [2.45, 2.75) is 18.0 Å². The van der Waals surface area contributed by atoms with Crippen LogP contribution in [0.2, 0.25) is 0 Å². The van der Waals surface area contributed by atoms with Gasteiger partial charge in [-0.3, -0.25) is 9.36 Å². The normalized spacial score (nSPS) is 12.0. The molecule has 0 aliphatic carbocycles. The molecule has 0 radical (unpaired) electrons. The quantitative estimate of drug-likeness (QED) is 0.312. The maximum absolute atomic E-state index is 12.8. The Balaban J connectivity index is 1.28. The van der Waals surface area contributed by atoms with Gasteiger partial charge in [-0.15, -0.1) is 10.2 Å². The van der Waals surface area contributed by atoms with Crippen LogP contribution in [0.1, 0.15) is 22.6 Å². The van der Waals surface area contributed by atoms with Gasteiger partial charge >= 0.3 is 0 Å². The Bertz CT molecular complexity index is 1390. The monoisotopic (exact) mass is 467 g/mol. The summed E-state index contributed by atoms with van der Waals surface area (Å²) < 4.78 is 1.90. The fourth-order valence-corrected chi connectivity index (χ4v) is 4.84. The van der Waals surface area contributed by atoms with E-state index in [1.165, 1.54) is 33.8 Å². The summed E-state index contributed by atoms with van der Waals surface area (Å²) in [5.41, 5.74) is 5.60. The summed E-state index contributed by atoms with van der Waals surface area (Å²) in [5, 5.41) is 13.2. The molecule has 6 nitrogen and oxygen atoms in total. The average Bonchev–Trinajstić information content (AvgIpc) is 3.52. The number of amides is 1. The summed E-state index contributed by atoms with van der Waals surface area (Å²) in [6.07, 6.45) is 3.72. The van der Waals surface area contributed by atoms with Crippen molar-refractivity contribution in [3.05, 3.63) is 108 Å². The van der Waals surface area contributed by atoms with Gasteiger partial charge in [0.15, 0.2) is 5.16 Å². The van der Waals surface area contributed by atoms with Gasteiger partial charge in [-0.05, 0) is 36.2 Å². The van der Waals surface area contributed by atoms with Gasteiger partial charge in [-0.25, -0.2) is 0 Å². The zero-order valence-electron chi connectivity index (χ0n) is 18.8. The van der Waals surface area contributed by atoms with Crippen LogP contribution in [0.4, 0.5) is 0 Å². The van der Waals surface area contributed by atoms with Crippen LogP contribution in [0.15, 0.2) is 96.5 Å². The van der Waals surface area contributed by atoms with E-state index in [1.54, 1.807) is 6.33 Å². The Kier molecular flexibility index (Phi) is 6.44. The van der Waals surface area contributed by atoms with Gasteiger partial charge in [0.1, 0.15) is 6.33 Å². The second-order valence-electron chi connectivity index (χ2n) is 8.16.